The third-order valence-electron chi connectivity index (χ3n) is 2.40. The maximum Gasteiger partial charge on any atom is 0.242 e. The van der Waals surface area contributed by atoms with Gasteiger partial charge >= 0.3 is 0 Å². The van der Waals surface area contributed by atoms with Crippen molar-refractivity contribution in [3.8, 4) is 0 Å². The Labute approximate surface area is 124 Å². The van der Waals surface area contributed by atoms with Crippen LogP contribution in [0, 0.1) is 0 Å². The summed E-state index contributed by atoms with van der Waals surface area (Å²) >= 11 is 11.7. The summed E-state index contributed by atoms with van der Waals surface area (Å²) in [6.07, 6.45) is 0.704. The number of halogens is 2. The SMILES string of the molecule is CC(C)NCCCNS(=O)(=O)c1cccc(Cl)c1Cl. The maximum absolute atomic E-state index is 12.0. The molecule has 0 fully saturated rings. The zero-order chi connectivity index (χ0) is 14.5. The first-order valence-corrected chi connectivity index (χ1v) is 8.25. The highest BCUT2D eigenvalue weighted by molar-refractivity contribution is 7.89. The van der Waals surface area contributed by atoms with Crippen LogP contribution in [-0.2, 0) is 10.0 Å². The molecule has 0 atom stereocenters. The van der Waals surface area contributed by atoms with E-state index < -0.39 is 10.0 Å². The summed E-state index contributed by atoms with van der Waals surface area (Å²) < 4.78 is 26.6. The van der Waals surface area contributed by atoms with Crippen molar-refractivity contribution >= 4 is 33.2 Å². The minimum Gasteiger partial charge on any atom is -0.314 e. The molecule has 0 saturated carbocycles. The van der Waals surface area contributed by atoms with Crippen LogP contribution in [0.5, 0.6) is 0 Å². The Morgan fingerprint density at radius 2 is 1.89 bits per heavy atom. The summed E-state index contributed by atoms with van der Waals surface area (Å²) in [4.78, 5) is 0.0125. The van der Waals surface area contributed by atoms with E-state index in [1.165, 1.54) is 6.07 Å². The lowest BCUT2D eigenvalue weighted by molar-refractivity contribution is 0.554. The molecule has 1 rings (SSSR count). The van der Waals surface area contributed by atoms with E-state index in [2.05, 4.69) is 10.0 Å². The Morgan fingerprint density at radius 1 is 1.21 bits per heavy atom. The fourth-order valence-corrected chi connectivity index (χ4v) is 3.29. The van der Waals surface area contributed by atoms with Gasteiger partial charge in [0.1, 0.15) is 4.90 Å². The maximum atomic E-state index is 12.0. The quantitative estimate of drug-likeness (QED) is 0.758. The van der Waals surface area contributed by atoms with Crippen LogP contribution in [0.4, 0.5) is 0 Å². The monoisotopic (exact) mass is 324 g/mol. The molecule has 2 N–H and O–H groups in total. The number of hydrogen-bond donors (Lipinski definition) is 2. The molecule has 7 heteroatoms. The lowest BCUT2D eigenvalue weighted by atomic mass is 10.3. The fourth-order valence-electron chi connectivity index (χ4n) is 1.45. The first-order chi connectivity index (χ1) is 8.84. The van der Waals surface area contributed by atoms with E-state index in [0.717, 1.165) is 6.54 Å². The smallest absolute Gasteiger partial charge is 0.242 e. The number of sulfonamides is 1. The van der Waals surface area contributed by atoms with Crippen molar-refractivity contribution in [3.05, 3.63) is 28.2 Å². The zero-order valence-electron chi connectivity index (χ0n) is 10.9. The molecule has 0 unspecified atom stereocenters. The zero-order valence-corrected chi connectivity index (χ0v) is 13.2. The molecule has 0 bridgehead atoms. The average molecular weight is 325 g/mol. The fraction of sp³-hybridized carbons (Fsp3) is 0.500. The molecular weight excluding hydrogens is 307 g/mol. The van der Waals surface area contributed by atoms with Gasteiger partial charge in [-0.25, -0.2) is 13.1 Å². The van der Waals surface area contributed by atoms with Gasteiger partial charge in [-0.3, -0.25) is 0 Å². The Bertz CT molecular complexity index is 518. The second kappa shape index (κ2) is 7.45. The van der Waals surface area contributed by atoms with E-state index in [0.29, 0.717) is 19.0 Å². The minimum absolute atomic E-state index is 0.0125. The molecule has 0 aliphatic heterocycles. The van der Waals surface area contributed by atoms with Crippen LogP contribution in [0.2, 0.25) is 10.0 Å². The first-order valence-electron chi connectivity index (χ1n) is 6.01. The lowest BCUT2D eigenvalue weighted by Gasteiger charge is -2.10. The summed E-state index contributed by atoms with van der Waals surface area (Å²) in [5, 5.41) is 3.49. The van der Waals surface area contributed by atoms with Gasteiger partial charge in [-0.15, -0.1) is 0 Å². The predicted molar refractivity (Wildman–Crippen MR) is 79.4 cm³/mol. The van der Waals surface area contributed by atoms with Crippen LogP contribution >= 0.6 is 23.2 Å². The second-order valence-electron chi connectivity index (χ2n) is 4.41. The van der Waals surface area contributed by atoms with Crippen LogP contribution in [0.15, 0.2) is 23.1 Å². The Hall–Kier alpha value is -0.330. The Balaban J connectivity index is 2.59. The van der Waals surface area contributed by atoms with Crippen LogP contribution in [0.1, 0.15) is 20.3 Å². The van der Waals surface area contributed by atoms with E-state index >= 15 is 0 Å². The number of hydrogen-bond acceptors (Lipinski definition) is 3. The van der Waals surface area contributed by atoms with Crippen LogP contribution in [-0.4, -0.2) is 27.5 Å². The van der Waals surface area contributed by atoms with Gasteiger partial charge in [-0.1, -0.05) is 43.1 Å². The lowest BCUT2D eigenvalue weighted by Crippen LogP contribution is -2.29. The summed E-state index contributed by atoms with van der Waals surface area (Å²) in [6.45, 7) is 5.18. The van der Waals surface area contributed by atoms with Gasteiger partial charge < -0.3 is 5.32 Å². The van der Waals surface area contributed by atoms with E-state index in [1.807, 2.05) is 13.8 Å². The Kier molecular flexibility index (Phi) is 6.56. The largest absolute Gasteiger partial charge is 0.314 e. The highest BCUT2D eigenvalue weighted by Crippen LogP contribution is 2.28. The van der Waals surface area contributed by atoms with Gasteiger partial charge in [-0.05, 0) is 25.1 Å². The van der Waals surface area contributed by atoms with Crippen LogP contribution in [0.25, 0.3) is 0 Å². The van der Waals surface area contributed by atoms with Crippen LogP contribution < -0.4 is 10.0 Å². The van der Waals surface area contributed by atoms with Gasteiger partial charge in [0.2, 0.25) is 10.0 Å². The molecule has 1 aromatic rings. The Morgan fingerprint density at radius 3 is 2.53 bits per heavy atom. The minimum atomic E-state index is -3.61. The number of nitrogens with one attached hydrogen (secondary N) is 2. The summed E-state index contributed by atoms with van der Waals surface area (Å²) in [5.41, 5.74) is 0. The average Bonchev–Trinajstić information content (AvgIpc) is 2.31. The highest BCUT2D eigenvalue weighted by atomic mass is 35.5. The standard InChI is InChI=1S/C12H18Cl2N2O2S/c1-9(2)15-7-4-8-16-19(17,18)11-6-3-5-10(13)12(11)14/h3,5-6,9,15-16H,4,7-8H2,1-2H3. The van der Waals surface area contributed by atoms with Crippen molar-refractivity contribution in [2.75, 3.05) is 13.1 Å². The van der Waals surface area contributed by atoms with Crippen molar-refractivity contribution in [1.82, 2.24) is 10.0 Å². The number of benzene rings is 1. The molecule has 19 heavy (non-hydrogen) atoms. The molecule has 4 nitrogen and oxygen atoms in total. The van der Waals surface area contributed by atoms with Gasteiger partial charge in [0.25, 0.3) is 0 Å². The van der Waals surface area contributed by atoms with Crippen molar-refractivity contribution < 1.29 is 8.42 Å². The van der Waals surface area contributed by atoms with E-state index in [1.54, 1.807) is 12.1 Å². The summed E-state index contributed by atoms with van der Waals surface area (Å²) in [5.74, 6) is 0. The molecule has 0 spiro atoms. The van der Waals surface area contributed by atoms with E-state index in [4.69, 9.17) is 23.2 Å². The molecule has 108 valence electrons. The van der Waals surface area contributed by atoms with Crippen molar-refractivity contribution in [2.24, 2.45) is 0 Å². The van der Waals surface area contributed by atoms with Crippen LogP contribution in [0.3, 0.4) is 0 Å². The molecule has 0 radical (unpaired) electrons. The van der Waals surface area contributed by atoms with Gasteiger partial charge in [0.05, 0.1) is 10.0 Å². The predicted octanol–water partition coefficient (Wildman–Crippen LogP) is 2.66. The molecule has 0 heterocycles. The third-order valence-corrected chi connectivity index (χ3v) is 4.84. The highest BCUT2D eigenvalue weighted by Gasteiger charge is 2.18. The molecule has 0 aliphatic rings. The molecule has 0 amide bonds. The molecule has 0 aliphatic carbocycles. The van der Waals surface area contributed by atoms with E-state index in [-0.39, 0.29) is 14.9 Å². The summed E-state index contributed by atoms with van der Waals surface area (Å²) in [6, 6.07) is 4.93. The van der Waals surface area contributed by atoms with Crippen molar-refractivity contribution in [1.29, 1.82) is 0 Å². The molecule has 0 saturated heterocycles. The van der Waals surface area contributed by atoms with Gasteiger partial charge in [0.15, 0.2) is 0 Å². The number of rotatable bonds is 7. The third kappa shape index (κ3) is 5.28. The van der Waals surface area contributed by atoms with Gasteiger partial charge in [-0.2, -0.15) is 0 Å². The molecule has 1 aromatic carbocycles. The topological polar surface area (TPSA) is 58.2 Å². The van der Waals surface area contributed by atoms with Crippen molar-refractivity contribution in [3.63, 3.8) is 0 Å². The summed E-state index contributed by atoms with van der Waals surface area (Å²) in [7, 11) is -3.61. The van der Waals surface area contributed by atoms with Crippen molar-refractivity contribution in [2.45, 2.75) is 31.2 Å². The molecule has 0 aromatic heterocycles. The normalized spacial score (nSPS) is 12.1. The van der Waals surface area contributed by atoms with E-state index in [9.17, 15) is 8.42 Å². The first kappa shape index (κ1) is 16.7. The second-order valence-corrected chi connectivity index (χ2v) is 6.93. The van der Waals surface area contributed by atoms with Gasteiger partial charge in [0, 0.05) is 12.6 Å². The molecular formula is C12H18Cl2N2O2S.